The molecule has 222 valence electrons. The second-order valence-electron chi connectivity index (χ2n) is 9.97. The first-order valence-corrected chi connectivity index (χ1v) is 15.1. The number of nitrogens with two attached hydrogens (primary N) is 2. The van der Waals surface area contributed by atoms with Crippen LogP contribution in [0.4, 0.5) is 11.6 Å². The van der Waals surface area contributed by atoms with Crippen molar-refractivity contribution in [1.29, 1.82) is 0 Å². The second kappa shape index (κ2) is 11.2. The highest BCUT2D eigenvalue weighted by molar-refractivity contribution is 7.88. The minimum Gasteiger partial charge on any atom is -0.381 e. The molecule has 0 fully saturated rings. The molecule has 1 amide bonds. The van der Waals surface area contributed by atoms with Gasteiger partial charge in [-0.1, -0.05) is 36.1 Å². The standard InChI is InChI=1S/C29H26N10O4S/c1-18(34-28(40)24-25(30)36-38-14-6-13-32-27(24)38)26-35-22-10-5-7-20(12-11-19-15-33-37(16-19)17-44(31,42)43)23(22)29(41)39(26)21-8-3-2-4-9-21/h2-10,14-16,18,32H,13,17H2,1H3,(H2,30,36)(H,34,40)(H2,31,42,43). The number of primary sulfonamides is 1. The van der Waals surface area contributed by atoms with Gasteiger partial charge in [0, 0.05) is 24.5 Å². The third kappa shape index (κ3) is 5.54. The Morgan fingerprint density at radius 2 is 1.95 bits per heavy atom. The van der Waals surface area contributed by atoms with Crippen LogP contribution in [0.2, 0.25) is 0 Å². The van der Waals surface area contributed by atoms with Crippen molar-refractivity contribution >= 4 is 44.7 Å². The summed E-state index contributed by atoms with van der Waals surface area (Å²) in [4.78, 5) is 32.5. The van der Waals surface area contributed by atoms with Crippen molar-refractivity contribution in [2.45, 2.75) is 18.8 Å². The zero-order valence-corrected chi connectivity index (χ0v) is 24.1. The topological polar surface area (TPSA) is 198 Å². The number of nitrogens with one attached hydrogen (secondary N) is 2. The molecular weight excluding hydrogens is 584 g/mol. The van der Waals surface area contributed by atoms with E-state index in [1.165, 1.54) is 21.6 Å². The third-order valence-electron chi connectivity index (χ3n) is 6.76. The van der Waals surface area contributed by atoms with Crippen molar-refractivity contribution in [3.8, 4) is 17.5 Å². The quantitative estimate of drug-likeness (QED) is 0.205. The van der Waals surface area contributed by atoms with Crippen molar-refractivity contribution < 1.29 is 13.2 Å². The molecule has 0 saturated heterocycles. The summed E-state index contributed by atoms with van der Waals surface area (Å²) in [6, 6.07) is 13.3. The van der Waals surface area contributed by atoms with Gasteiger partial charge in [0.1, 0.15) is 17.2 Å². The van der Waals surface area contributed by atoms with Gasteiger partial charge < -0.3 is 16.4 Å². The number of carbonyl (C=O) groups excluding carboxylic acids is 1. The molecule has 6 N–H and O–H groups in total. The van der Waals surface area contributed by atoms with E-state index in [-0.39, 0.29) is 22.3 Å². The van der Waals surface area contributed by atoms with Crippen LogP contribution in [-0.4, -0.2) is 50.0 Å². The molecule has 6 rings (SSSR count). The Bertz CT molecular complexity index is 2190. The van der Waals surface area contributed by atoms with Crippen LogP contribution in [0.25, 0.3) is 22.8 Å². The summed E-state index contributed by atoms with van der Waals surface area (Å²) >= 11 is 0. The Kier molecular flexibility index (Phi) is 7.21. The van der Waals surface area contributed by atoms with Gasteiger partial charge in [0.25, 0.3) is 11.5 Å². The Hall–Kier alpha value is -5.72. The van der Waals surface area contributed by atoms with Gasteiger partial charge in [-0.2, -0.15) is 5.10 Å². The van der Waals surface area contributed by atoms with Crippen LogP contribution in [-0.2, 0) is 15.9 Å². The van der Waals surface area contributed by atoms with Crippen molar-refractivity contribution in [2.24, 2.45) is 5.14 Å². The smallest absolute Gasteiger partial charge is 0.267 e. The molecule has 0 saturated carbocycles. The van der Waals surface area contributed by atoms with E-state index in [1.807, 2.05) is 12.1 Å². The Balaban J connectivity index is 1.42. The number of rotatable bonds is 6. The van der Waals surface area contributed by atoms with Crippen LogP contribution in [0.15, 0.2) is 71.8 Å². The molecular formula is C29H26N10O4S. The van der Waals surface area contributed by atoms with Crippen LogP contribution >= 0.6 is 0 Å². The minimum absolute atomic E-state index is 0.0640. The Morgan fingerprint density at radius 3 is 2.73 bits per heavy atom. The first kappa shape index (κ1) is 28.4. The molecule has 0 aliphatic carbocycles. The summed E-state index contributed by atoms with van der Waals surface area (Å²) < 4.78 is 26.9. The summed E-state index contributed by atoms with van der Waals surface area (Å²) in [6.07, 6.45) is 6.42. The van der Waals surface area contributed by atoms with E-state index >= 15 is 0 Å². The van der Waals surface area contributed by atoms with E-state index in [2.05, 4.69) is 32.7 Å². The molecule has 0 radical (unpaired) electrons. The lowest BCUT2D eigenvalue weighted by atomic mass is 10.1. The number of anilines is 2. The van der Waals surface area contributed by atoms with E-state index in [0.717, 1.165) is 4.68 Å². The number of benzene rings is 2. The first-order chi connectivity index (χ1) is 21.1. The van der Waals surface area contributed by atoms with Crippen LogP contribution < -0.4 is 27.1 Å². The fourth-order valence-electron chi connectivity index (χ4n) is 4.89. The SMILES string of the molecule is CC(NC(=O)c1c(N)nn2c1NCC=C2)c1nc2cccc(C#Cc3cnn(CS(N)(=O)=O)c3)c2c(=O)n1-c1ccccc1. The van der Waals surface area contributed by atoms with Gasteiger partial charge in [0.05, 0.1) is 34.4 Å². The highest BCUT2D eigenvalue weighted by Gasteiger charge is 2.26. The van der Waals surface area contributed by atoms with Gasteiger partial charge in [-0.3, -0.25) is 18.8 Å². The lowest BCUT2D eigenvalue weighted by molar-refractivity contribution is 0.0939. The average Bonchev–Trinajstić information content (AvgIpc) is 3.57. The van der Waals surface area contributed by atoms with Crippen LogP contribution in [0.3, 0.4) is 0 Å². The molecule has 5 aromatic rings. The summed E-state index contributed by atoms with van der Waals surface area (Å²) in [5.74, 6) is 5.78. The highest BCUT2D eigenvalue weighted by Crippen LogP contribution is 2.26. The van der Waals surface area contributed by atoms with Crippen LogP contribution in [0.1, 0.15) is 40.3 Å². The molecule has 3 aromatic heterocycles. The molecule has 1 unspecified atom stereocenters. The lowest BCUT2D eigenvalue weighted by Crippen LogP contribution is -2.34. The zero-order chi connectivity index (χ0) is 31.0. The van der Waals surface area contributed by atoms with Gasteiger partial charge >= 0.3 is 0 Å². The molecule has 0 spiro atoms. The molecule has 0 bridgehead atoms. The molecule has 1 atom stereocenters. The number of hydrogen-bond acceptors (Lipinski definition) is 9. The van der Waals surface area contributed by atoms with Gasteiger partial charge in [0.2, 0.25) is 10.0 Å². The fourth-order valence-corrected chi connectivity index (χ4v) is 5.40. The first-order valence-electron chi connectivity index (χ1n) is 13.3. The summed E-state index contributed by atoms with van der Waals surface area (Å²) in [6.45, 7) is 2.25. The summed E-state index contributed by atoms with van der Waals surface area (Å²) in [5, 5.41) is 19.6. The molecule has 2 aromatic carbocycles. The predicted octanol–water partition coefficient (Wildman–Crippen LogP) is 1.39. The van der Waals surface area contributed by atoms with Gasteiger partial charge in [-0.05, 0) is 37.3 Å². The maximum Gasteiger partial charge on any atom is 0.267 e. The number of para-hydroxylation sites is 1. The normalized spacial score (nSPS) is 13.0. The zero-order valence-electron chi connectivity index (χ0n) is 23.3. The number of hydrogen-bond donors (Lipinski definition) is 4. The van der Waals surface area contributed by atoms with Crippen molar-refractivity contribution in [2.75, 3.05) is 17.6 Å². The van der Waals surface area contributed by atoms with Gasteiger partial charge in [-0.15, -0.1) is 5.10 Å². The monoisotopic (exact) mass is 610 g/mol. The number of nitrogen functional groups attached to an aromatic ring is 1. The molecule has 1 aliphatic rings. The van der Waals surface area contributed by atoms with Gasteiger partial charge in [0.15, 0.2) is 11.7 Å². The molecule has 1 aliphatic heterocycles. The number of carbonyl (C=O) groups is 1. The largest absolute Gasteiger partial charge is 0.381 e. The Morgan fingerprint density at radius 1 is 1.16 bits per heavy atom. The highest BCUT2D eigenvalue weighted by atomic mass is 32.2. The van der Waals surface area contributed by atoms with E-state index in [4.69, 9.17) is 15.9 Å². The molecule has 44 heavy (non-hydrogen) atoms. The predicted molar refractivity (Wildman–Crippen MR) is 165 cm³/mol. The minimum atomic E-state index is -3.78. The van der Waals surface area contributed by atoms with E-state index in [0.29, 0.717) is 40.5 Å². The number of sulfonamides is 1. The van der Waals surface area contributed by atoms with E-state index in [9.17, 15) is 18.0 Å². The van der Waals surface area contributed by atoms with E-state index in [1.54, 1.807) is 55.6 Å². The van der Waals surface area contributed by atoms with Crippen molar-refractivity contribution in [1.82, 2.24) is 34.4 Å². The molecule has 15 heteroatoms. The summed E-state index contributed by atoms with van der Waals surface area (Å²) in [7, 11) is -3.78. The van der Waals surface area contributed by atoms with Crippen LogP contribution in [0, 0.1) is 11.8 Å². The number of amides is 1. The fraction of sp³-hybridized carbons (Fsp3) is 0.138. The average molecular weight is 611 g/mol. The number of nitrogens with zero attached hydrogens (tertiary/aromatic N) is 6. The molecule has 4 heterocycles. The van der Waals surface area contributed by atoms with Gasteiger partial charge in [-0.25, -0.2) is 23.2 Å². The number of fused-ring (bicyclic) bond motifs is 2. The number of aromatic nitrogens is 6. The van der Waals surface area contributed by atoms with Crippen molar-refractivity contribution in [3.63, 3.8) is 0 Å². The summed E-state index contributed by atoms with van der Waals surface area (Å²) in [5.41, 5.74) is 7.66. The lowest BCUT2D eigenvalue weighted by Gasteiger charge is -2.20. The maximum absolute atomic E-state index is 14.2. The van der Waals surface area contributed by atoms with Crippen LogP contribution in [0.5, 0.6) is 0 Å². The molecule has 14 nitrogen and oxygen atoms in total. The van der Waals surface area contributed by atoms with Crippen molar-refractivity contribution in [3.05, 3.63) is 99.9 Å². The third-order valence-corrected chi connectivity index (χ3v) is 7.38. The second-order valence-corrected chi connectivity index (χ2v) is 11.6. The van der Waals surface area contributed by atoms with E-state index < -0.39 is 27.8 Å². The Labute approximate surface area is 251 Å². The maximum atomic E-state index is 14.2.